The Labute approximate surface area is 57.5 Å². The lowest BCUT2D eigenvalue weighted by molar-refractivity contribution is 0.388. The molecule has 3 N–H and O–H groups in total. The van der Waals surface area contributed by atoms with Gasteiger partial charge in [-0.25, -0.2) is 0 Å². The summed E-state index contributed by atoms with van der Waals surface area (Å²) in [7, 11) is 0. The van der Waals surface area contributed by atoms with Crippen LogP contribution in [-0.4, -0.2) is 10.2 Å². The SMILES string of the molecule is Cc1c[nH]c(=O)c(NO)c1. The minimum Gasteiger partial charge on any atom is -0.327 e. The average molecular weight is 140 g/mol. The van der Waals surface area contributed by atoms with Gasteiger partial charge in [0.25, 0.3) is 5.56 Å². The van der Waals surface area contributed by atoms with Crippen molar-refractivity contribution < 1.29 is 5.21 Å². The number of pyridine rings is 1. The lowest BCUT2D eigenvalue weighted by Crippen LogP contribution is -2.10. The third-order valence-electron chi connectivity index (χ3n) is 1.17. The van der Waals surface area contributed by atoms with Gasteiger partial charge in [0.1, 0.15) is 5.69 Å². The normalized spacial score (nSPS) is 9.40. The molecule has 0 aliphatic heterocycles. The molecular formula is C6H8N2O2. The molecule has 54 valence electrons. The molecule has 0 amide bonds. The Morgan fingerprint density at radius 1 is 1.70 bits per heavy atom. The second-order valence-electron chi connectivity index (χ2n) is 2.03. The summed E-state index contributed by atoms with van der Waals surface area (Å²) in [4.78, 5) is 13.2. The minimum absolute atomic E-state index is 0.167. The van der Waals surface area contributed by atoms with E-state index in [4.69, 9.17) is 5.21 Å². The predicted molar refractivity (Wildman–Crippen MR) is 37.2 cm³/mol. The minimum atomic E-state index is -0.326. The Hall–Kier alpha value is -1.29. The van der Waals surface area contributed by atoms with E-state index in [9.17, 15) is 4.79 Å². The molecule has 0 saturated carbocycles. The van der Waals surface area contributed by atoms with Crippen LogP contribution >= 0.6 is 0 Å². The van der Waals surface area contributed by atoms with Crippen molar-refractivity contribution in [3.63, 3.8) is 0 Å². The van der Waals surface area contributed by atoms with Gasteiger partial charge in [-0.2, -0.15) is 0 Å². The molecule has 1 aromatic rings. The second-order valence-corrected chi connectivity index (χ2v) is 2.03. The van der Waals surface area contributed by atoms with Crippen molar-refractivity contribution in [1.82, 2.24) is 4.98 Å². The summed E-state index contributed by atoms with van der Waals surface area (Å²) < 4.78 is 0. The third-order valence-corrected chi connectivity index (χ3v) is 1.17. The first kappa shape index (κ1) is 6.82. The molecule has 0 unspecified atom stereocenters. The molecule has 4 heteroatoms. The summed E-state index contributed by atoms with van der Waals surface area (Å²) in [5.74, 6) is 0. The molecule has 0 saturated heterocycles. The topological polar surface area (TPSA) is 65.1 Å². The van der Waals surface area contributed by atoms with Crippen molar-refractivity contribution in [2.75, 3.05) is 5.48 Å². The number of hydrogen-bond donors (Lipinski definition) is 3. The number of nitrogens with one attached hydrogen (secondary N) is 2. The highest BCUT2D eigenvalue weighted by Gasteiger charge is 1.94. The predicted octanol–water partition coefficient (Wildman–Crippen LogP) is 0.484. The number of hydrogen-bond acceptors (Lipinski definition) is 3. The molecule has 0 fully saturated rings. The van der Waals surface area contributed by atoms with E-state index in [0.29, 0.717) is 0 Å². The Morgan fingerprint density at radius 2 is 2.40 bits per heavy atom. The van der Waals surface area contributed by atoms with E-state index in [2.05, 4.69) is 4.98 Å². The molecule has 0 aliphatic rings. The van der Waals surface area contributed by atoms with Gasteiger partial charge in [0.05, 0.1) is 0 Å². The van der Waals surface area contributed by atoms with E-state index in [-0.39, 0.29) is 11.2 Å². The van der Waals surface area contributed by atoms with Gasteiger partial charge in [-0.15, -0.1) is 0 Å². The van der Waals surface area contributed by atoms with Gasteiger partial charge < -0.3 is 4.98 Å². The van der Waals surface area contributed by atoms with Gasteiger partial charge in [-0.3, -0.25) is 15.5 Å². The van der Waals surface area contributed by atoms with E-state index in [0.717, 1.165) is 5.56 Å². The van der Waals surface area contributed by atoms with Gasteiger partial charge in [-0.05, 0) is 18.6 Å². The van der Waals surface area contributed by atoms with E-state index in [1.54, 1.807) is 17.7 Å². The van der Waals surface area contributed by atoms with Crippen LogP contribution in [-0.2, 0) is 0 Å². The molecule has 0 atom stereocenters. The Bertz CT molecular complexity index is 279. The Kier molecular flexibility index (Phi) is 1.73. The average Bonchev–Trinajstić information content (AvgIpc) is 1.94. The van der Waals surface area contributed by atoms with Crippen LogP contribution in [0.1, 0.15) is 5.56 Å². The first-order valence-corrected chi connectivity index (χ1v) is 2.83. The zero-order valence-electron chi connectivity index (χ0n) is 5.51. The Morgan fingerprint density at radius 3 is 2.90 bits per heavy atom. The highest BCUT2D eigenvalue weighted by molar-refractivity contribution is 5.39. The van der Waals surface area contributed by atoms with E-state index >= 15 is 0 Å². The fourth-order valence-corrected chi connectivity index (χ4v) is 0.675. The number of anilines is 1. The van der Waals surface area contributed by atoms with E-state index in [1.807, 2.05) is 6.92 Å². The molecule has 0 spiro atoms. The van der Waals surface area contributed by atoms with Crippen LogP contribution in [0.2, 0.25) is 0 Å². The van der Waals surface area contributed by atoms with Crippen LogP contribution in [0, 0.1) is 6.92 Å². The summed E-state index contributed by atoms with van der Waals surface area (Å²) in [5.41, 5.74) is 2.52. The molecular weight excluding hydrogens is 132 g/mol. The molecule has 0 aliphatic carbocycles. The van der Waals surface area contributed by atoms with Gasteiger partial charge in [0, 0.05) is 6.20 Å². The van der Waals surface area contributed by atoms with Crippen LogP contribution in [0.15, 0.2) is 17.1 Å². The molecule has 0 bridgehead atoms. The highest BCUT2D eigenvalue weighted by Crippen LogP contribution is 1.98. The summed E-state index contributed by atoms with van der Waals surface area (Å²) in [5, 5.41) is 8.37. The summed E-state index contributed by atoms with van der Waals surface area (Å²) in [6.45, 7) is 1.82. The number of aryl methyl sites for hydroxylation is 1. The van der Waals surface area contributed by atoms with Crippen molar-refractivity contribution in [1.29, 1.82) is 0 Å². The zero-order chi connectivity index (χ0) is 7.56. The van der Waals surface area contributed by atoms with Crippen LogP contribution in [0.25, 0.3) is 0 Å². The molecule has 4 nitrogen and oxygen atoms in total. The molecule has 0 radical (unpaired) electrons. The van der Waals surface area contributed by atoms with Crippen LogP contribution < -0.4 is 11.0 Å². The number of aromatic nitrogens is 1. The monoisotopic (exact) mass is 140 g/mol. The fourth-order valence-electron chi connectivity index (χ4n) is 0.675. The standard InChI is InChI=1S/C6H8N2O2/c1-4-2-5(8-10)6(9)7-3-4/h2-3,8,10H,1H3,(H,7,9). The summed E-state index contributed by atoms with van der Waals surface area (Å²) in [6, 6.07) is 1.55. The van der Waals surface area contributed by atoms with Crippen molar-refractivity contribution in [3.8, 4) is 0 Å². The first-order chi connectivity index (χ1) is 4.74. The molecule has 1 heterocycles. The maximum absolute atomic E-state index is 10.7. The summed E-state index contributed by atoms with van der Waals surface area (Å²) in [6.07, 6.45) is 1.57. The van der Waals surface area contributed by atoms with Crippen molar-refractivity contribution in [2.24, 2.45) is 0 Å². The van der Waals surface area contributed by atoms with E-state index < -0.39 is 0 Å². The fraction of sp³-hybridized carbons (Fsp3) is 0.167. The molecule has 0 aromatic carbocycles. The first-order valence-electron chi connectivity index (χ1n) is 2.83. The summed E-state index contributed by atoms with van der Waals surface area (Å²) >= 11 is 0. The number of H-pyrrole nitrogens is 1. The van der Waals surface area contributed by atoms with Crippen LogP contribution in [0.5, 0.6) is 0 Å². The number of rotatable bonds is 1. The maximum Gasteiger partial charge on any atom is 0.273 e. The lowest BCUT2D eigenvalue weighted by Gasteiger charge is -1.96. The number of aromatic amines is 1. The van der Waals surface area contributed by atoms with Gasteiger partial charge in [0.15, 0.2) is 0 Å². The van der Waals surface area contributed by atoms with Crippen LogP contribution in [0.4, 0.5) is 5.69 Å². The van der Waals surface area contributed by atoms with Gasteiger partial charge in [0.2, 0.25) is 0 Å². The molecule has 10 heavy (non-hydrogen) atoms. The quantitative estimate of drug-likeness (QED) is 0.497. The van der Waals surface area contributed by atoms with Crippen molar-refractivity contribution in [2.45, 2.75) is 6.92 Å². The smallest absolute Gasteiger partial charge is 0.273 e. The van der Waals surface area contributed by atoms with Crippen LogP contribution in [0.3, 0.4) is 0 Å². The Balaban J connectivity index is 3.22. The third kappa shape index (κ3) is 1.16. The second kappa shape index (κ2) is 2.53. The highest BCUT2D eigenvalue weighted by atomic mass is 16.5. The van der Waals surface area contributed by atoms with Gasteiger partial charge >= 0.3 is 0 Å². The zero-order valence-corrected chi connectivity index (χ0v) is 5.51. The van der Waals surface area contributed by atoms with Crippen molar-refractivity contribution in [3.05, 3.63) is 28.2 Å². The maximum atomic E-state index is 10.7. The molecule has 1 rings (SSSR count). The van der Waals surface area contributed by atoms with Crippen molar-refractivity contribution >= 4 is 5.69 Å². The largest absolute Gasteiger partial charge is 0.327 e. The van der Waals surface area contributed by atoms with E-state index in [1.165, 1.54) is 0 Å². The molecule has 1 aromatic heterocycles. The van der Waals surface area contributed by atoms with Gasteiger partial charge in [-0.1, -0.05) is 0 Å². The lowest BCUT2D eigenvalue weighted by atomic mass is 10.3.